The molecule has 0 aliphatic heterocycles. The molecule has 108 valence electrons. The Morgan fingerprint density at radius 3 is 2.75 bits per heavy atom. The number of aryl methyl sites for hydroxylation is 1. The minimum atomic E-state index is -4.31. The van der Waals surface area contributed by atoms with Gasteiger partial charge in [0.15, 0.2) is 0 Å². The first-order valence-electron chi connectivity index (χ1n) is 5.88. The van der Waals surface area contributed by atoms with Gasteiger partial charge >= 0.3 is 6.18 Å². The van der Waals surface area contributed by atoms with E-state index in [9.17, 15) is 13.2 Å². The maximum absolute atomic E-state index is 12.6. The zero-order chi connectivity index (χ0) is 14.6. The Balaban J connectivity index is 1.91. The fourth-order valence-electron chi connectivity index (χ4n) is 1.56. The molecule has 0 saturated heterocycles. The number of aromatic nitrogens is 3. The number of benzene rings is 1. The summed E-state index contributed by atoms with van der Waals surface area (Å²) in [6, 6.07) is 5.28. The molecule has 0 atom stereocenters. The lowest BCUT2D eigenvalue weighted by molar-refractivity contribution is -0.137. The maximum atomic E-state index is 12.6. The number of hydrogen-bond acceptors (Lipinski definition) is 4. The zero-order valence-corrected chi connectivity index (χ0v) is 11.3. The minimum Gasteiger partial charge on any atom is -0.325 e. The standard InChI is InChI=1S/C12H13F3N4S/c13-12(14,15)9-2-1-3-11(6-9)20-5-4-19-8-10(7-16)17-18-19/h1-3,6,8H,4-5,7,16H2. The quantitative estimate of drug-likeness (QED) is 0.862. The number of halogens is 3. The van der Waals surface area contributed by atoms with E-state index in [0.717, 1.165) is 12.1 Å². The lowest BCUT2D eigenvalue weighted by atomic mass is 10.2. The molecule has 2 N–H and O–H groups in total. The molecule has 0 aliphatic rings. The predicted molar refractivity (Wildman–Crippen MR) is 70.1 cm³/mol. The van der Waals surface area contributed by atoms with E-state index in [-0.39, 0.29) is 0 Å². The Morgan fingerprint density at radius 1 is 1.30 bits per heavy atom. The van der Waals surface area contributed by atoms with Crippen LogP contribution >= 0.6 is 11.8 Å². The maximum Gasteiger partial charge on any atom is 0.416 e. The average Bonchev–Trinajstić information content (AvgIpc) is 2.86. The molecule has 8 heteroatoms. The van der Waals surface area contributed by atoms with Gasteiger partial charge in [0.1, 0.15) is 0 Å². The Kier molecular flexibility index (Phi) is 4.66. The molecule has 20 heavy (non-hydrogen) atoms. The molecule has 0 saturated carbocycles. The topological polar surface area (TPSA) is 56.7 Å². The van der Waals surface area contributed by atoms with Crippen molar-refractivity contribution < 1.29 is 13.2 Å². The van der Waals surface area contributed by atoms with Crippen LogP contribution in [0.2, 0.25) is 0 Å². The molecule has 0 unspecified atom stereocenters. The molecule has 0 fully saturated rings. The van der Waals surface area contributed by atoms with E-state index in [1.54, 1.807) is 16.9 Å². The summed E-state index contributed by atoms with van der Waals surface area (Å²) >= 11 is 1.34. The van der Waals surface area contributed by atoms with E-state index in [0.29, 0.717) is 29.4 Å². The van der Waals surface area contributed by atoms with Crippen LogP contribution in [0.15, 0.2) is 35.4 Å². The van der Waals surface area contributed by atoms with Crippen molar-refractivity contribution in [3.63, 3.8) is 0 Å². The SMILES string of the molecule is NCc1cn(CCSc2cccc(C(F)(F)F)c2)nn1. The average molecular weight is 302 g/mol. The number of nitrogens with zero attached hydrogens (tertiary/aromatic N) is 3. The minimum absolute atomic E-state index is 0.320. The van der Waals surface area contributed by atoms with Gasteiger partial charge in [0, 0.05) is 23.4 Å². The molecular weight excluding hydrogens is 289 g/mol. The first-order valence-corrected chi connectivity index (χ1v) is 6.87. The van der Waals surface area contributed by atoms with Gasteiger partial charge in [-0.15, -0.1) is 16.9 Å². The largest absolute Gasteiger partial charge is 0.416 e. The highest BCUT2D eigenvalue weighted by atomic mass is 32.2. The molecule has 4 nitrogen and oxygen atoms in total. The van der Waals surface area contributed by atoms with E-state index >= 15 is 0 Å². The smallest absolute Gasteiger partial charge is 0.325 e. The summed E-state index contributed by atoms with van der Waals surface area (Å²) in [7, 11) is 0. The van der Waals surface area contributed by atoms with E-state index in [2.05, 4.69) is 10.3 Å². The second-order valence-electron chi connectivity index (χ2n) is 4.05. The van der Waals surface area contributed by atoms with Crippen LogP contribution in [0.3, 0.4) is 0 Å². The highest BCUT2D eigenvalue weighted by Gasteiger charge is 2.30. The van der Waals surface area contributed by atoms with Gasteiger partial charge in [-0.1, -0.05) is 11.3 Å². The fraction of sp³-hybridized carbons (Fsp3) is 0.333. The Labute approximate surface area is 118 Å². The van der Waals surface area contributed by atoms with Crippen LogP contribution in [-0.2, 0) is 19.3 Å². The molecule has 2 rings (SSSR count). The van der Waals surface area contributed by atoms with Gasteiger partial charge in [-0.2, -0.15) is 13.2 Å². The molecule has 2 aromatic rings. The van der Waals surface area contributed by atoms with Crippen molar-refractivity contribution in [1.29, 1.82) is 0 Å². The summed E-state index contributed by atoms with van der Waals surface area (Å²) in [5.41, 5.74) is 5.47. The Morgan fingerprint density at radius 2 is 2.10 bits per heavy atom. The molecule has 0 aliphatic carbocycles. The van der Waals surface area contributed by atoms with Crippen LogP contribution in [-0.4, -0.2) is 20.7 Å². The molecule has 0 spiro atoms. The van der Waals surface area contributed by atoms with E-state index in [4.69, 9.17) is 5.73 Å². The number of rotatable bonds is 5. The Bertz CT molecular complexity index is 568. The molecular formula is C12H13F3N4S. The number of hydrogen-bond donors (Lipinski definition) is 1. The van der Waals surface area contributed by atoms with Crippen molar-refractivity contribution in [2.24, 2.45) is 5.73 Å². The van der Waals surface area contributed by atoms with Crippen molar-refractivity contribution >= 4 is 11.8 Å². The van der Waals surface area contributed by atoms with Gasteiger partial charge in [-0.25, -0.2) is 0 Å². The normalized spacial score (nSPS) is 11.8. The molecule has 0 radical (unpaired) electrons. The number of nitrogens with two attached hydrogens (primary N) is 1. The summed E-state index contributed by atoms with van der Waals surface area (Å²) in [5, 5.41) is 7.71. The van der Waals surface area contributed by atoms with Crippen LogP contribution in [0.1, 0.15) is 11.3 Å². The zero-order valence-electron chi connectivity index (χ0n) is 10.5. The van der Waals surface area contributed by atoms with Crippen LogP contribution in [0.25, 0.3) is 0 Å². The first-order chi connectivity index (χ1) is 9.49. The third-order valence-electron chi connectivity index (χ3n) is 2.55. The van der Waals surface area contributed by atoms with E-state index in [1.165, 1.54) is 17.8 Å². The van der Waals surface area contributed by atoms with Gasteiger partial charge in [-0.05, 0) is 18.2 Å². The van der Waals surface area contributed by atoms with Crippen molar-refractivity contribution in [3.05, 3.63) is 41.7 Å². The molecule has 1 aromatic heterocycles. The van der Waals surface area contributed by atoms with Crippen molar-refractivity contribution in [2.75, 3.05) is 5.75 Å². The van der Waals surface area contributed by atoms with E-state index < -0.39 is 11.7 Å². The second-order valence-corrected chi connectivity index (χ2v) is 5.22. The van der Waals surface area contributed by atoms with Gasteiger partial charge in [0.05, 0.1) is 17.8 Å². The van der Waals surface area contributed by atoms with Crippen LogP contribution in [0.5, 0.6) is 0 Å². The summed E-state index contributed by atoms with van der Waals surface area (Å²) in [5.74, 6) is 0.606. The third-order valence-corrected chi connectivity index (χ3v) is 3.52. The summed E-state index contributed by atoms with van der Waals surface area (Å²) < 4.78 is 39.3. The molecule has 0 bridgehead atoms. The number of alkyl halides is 3. The lowest BCUT2D eigenvalue weighted by Crippen LogP contribution is -2.05. The Hall–Kier alpha value is -1.54. The molecule has 1 aromatic carbocycles. The summed E-state index contributed by atoms with van der Waals surface area (Å²) in [6.07, 6.45) is -2.58. The highest BCUT2D eigenvalue weighted by molar-refractivity contribution is 7.99. The number of thioether (sulfide) groups is 1. The molecule has 0 amide bonds. The van der Waals surface area contributed by atoms with E-state index in [1.807, 2.05) is 0 Å². The van der Waals surface area contributed by atoms with Crippen LogP contribution in [0, 0.1) is 0 Å². The summed E-state index contributed by atoms with van der Waals surface area (Å²) in [6.45, 7) is 0.884. The lowest BCUT2D eigenvalue weighted by Gasteiger charge is -2.08. The van der Waals surface area contributed by atoms with Gasteiger partial charge in [0.25, 0.3) is 0 Å². The van der Waals surface area contributed by atoms with Crippen molar-refractivity contribution in [2.45, 2.75) is 24.2 Å². The monoisotopic (exact) mass is 302 g/mol. The van der Waals surface area contributed by atoms with Gasteiger partial charge < -0.3 is 5.73 Å². The summed E-state index contributed by atoms with van der Waals surface area (Å²) in [4.78, 5) is 0.582. The van der Waals surface area contributed by atoms with Crippen molar-refractivity contribution in [1.82, 2.24) is 15.0 Å². The van der Waals surface area contributed by atoms with Gasteiger partial charge in [0.2, 0.25) is 0 Å². The van der Waals surface area contributed by atoms with Gasteiger partial charge in [-0.3, -0.25) is 4.68 Å². The first kappa shape index (κ1) is 14.9. The second kappa shape index (κ2) is 6.27. The molecule has 1 heterocycles. The fourth-order valence-corrected chi connectivity index (χ4v) is 2.46. The third kappa shape index (κ3) is 3.97. The van der Waals surface area contributed by atoms with Crippen LogP contribution in [0.4, 0.5) is 13.2 Å². The van der Waals surface area contributed by atoms with Crippen LogP contribution < -0.4 is 5.73 Å². The van der Waals surface area contributed by atoms with Crippen molar-refractivity contribution in [3.8, 4) is 0 Å². The predicted octanol–water partition coefficient (Wildman–Crippen LogP) is 2.55. The highest BCUT2D eigenvalue weighted by Crippen LogP contribution is 2.31.